The molecule has 1 saturated carbocycles. The second-order valence-electron chi connectivity index (χ2n) is 5.00. The third-order valence-electron chi connectivity index (χ3n) is 4.14. The first kappa shape index (κ1) is 10.4. The van der Waals surface area contributed by atoms with Crippen molar-refractivity contribution < 1.29 is 9.84 Å². The van der Waals surface area contributed by atoms with Gasteiger partial charge in [-0.05, 0) is 44.4 Å². The molecule has 0 bridgehead atoms. The zero-order chi connectivity index (χ0) is 10.0. The van der Waals surface area contributed by atoms with E-state index < -0.39 is 0 Å². The van der Waals surface area contributed by atoms with E-state index in [0.29, 0.717) is 0 Å². The van der Waals surface area contributed by atoms with Gasteiger partial charge in [-0.3, -0.25) is 0 Å². The average molecular weight is 198 g/mol. The van der Waals surface area contributed by atoms with Crippen molar-refractivity contribution in [2.45, 2.75) is 63.6 Å². The Hall–Kier alpha value is -0.0800. The summed E-state index contributed by atoms with van der Waals surface area (Å²) in [5.74, 6) is 0.928. The fraction of sp³-hybridized carbons (Fsp3) is 1.00. The lowest BCUT2D eigenvalue weighted by atomic mass is 9.76. The summed E-state index contributed by atoms with van der Waals surface area (Å²) < 4.78 is 5.98. The van der Waals surface area contributed by atoms with Crippen LogP contribution in [0, 0.1) is 5.92 Å². The van der Waals surface area contributed by atoms with Crippen molar-refractivity contribution in [1.82, 2.24) is 0 Å². The molecule has 1 aliphatic heterocycles. The predicted molar refractivity (Wildman–Crippen MR) is 56.2 cm³/mol. The molecule has 2 rings (SSSR count). The number of aliphatic hydroxyl groups excluding tert-OH is 1. The van der Waals surface area contributed by atoms with Crippen LogP contribution in [-0.2, 0) is 4.74 Å². The van der Waals surface area contributed by atoms with E-state index >= 15 is 0 Å². The van der Waals surface area contributed by atoms with Crippen molar-refractivity contribution in [3.05, 3.63) is 0 Å². The molecule has 1 heterocycles. The summed E-state index contributed by atoms with van der Waals surface area (Å²) in [5, 5.41) is 9.05. The van der Waals surface area contributed by atoms with E-state index in [0.717, 1.165) is 12.3 Å². The van der Waals surface area contributed by atoms with Gasteiger partial charge < -0.3 is 9.84 Å². The number of hydrogen-bond donors (Lipinski definition) is 1. The first-order valence-electron chi connectivity index (χ1n) is 6.07. The Balaban J connectivity index is 1.87. The fourth-order valence-corrected chi connectivity index (χ4v) is 3.00. The third-order valence-corrected chi connectivity index (χ3v) is 4.14. The largest absolute Gasteiger partial charge is 0.394 e. The number of ether oxygens (including phenoxy) is 1. The van der Waals surface area contributed by atoms with E-state index in [1.54, 1.807) is 0 Å². The predicted octanol–water partition coefficient (Wildman–Crippen LogP) is 2.50. The van der Waals surface area contributed by atoms with Gasteiger partial charge in [0, 0.05) is 0 Å². The highest BCUT2D eigenvalue weighted by Crippen LogP contribution is 2.44. The maximum absolute atomic E-state index is 9.05. The second kappa shape index (κ2) is 4.19. The highest BCUT2D eigenvalue weighted by atomic mass is 16.5. The van der Waals surface area contributed by atoms with Gasteiger partial charge in [0.25, 0.3) is 0 Å². The Bertz CT molecular complexity index is 183. The lowest BCUT2D eigenvalue weighted by molar-refractivity contribution is -0.0845. The highest BCUT2D eigenvalue weighted by molar-refractivity contribution is 4.92. The fourth-order valence-electron chi connectivity index (χ4n) is 3.00. The molecule has 1 aliphatic carbocycles. The summed E-state index contributed by atoms with van der Waals surface area (Å²) in [6, 6.07) is 0. The van der Waals surface area contributed by atoms with Crippen LogP contribution >= 0.6 is 0 Å². The molecule has 1 saturated heterocycles. The van der Waals surface area contributed by atoms with Crippen molar-refractivity contribution in [3.8, 4) is 0 Å². The van der Waals surface area contributed by atoms with Gasteiger partial charge >= 0.3 is 0 Å². The van der Waals surface area contributed by atoms with Crippen LogP contribution in [0.3, 0.4) is 0 Å². The van der Waals surface area contributed by atoms with Gasteiger partial charge in [-0.25, -0.2) is 0 Å². The lowest BCUT2D eigenvalue weighted by Gasteiger charge is -2.36. The van der Waals surface area contributed by atoms with Crippen LogP contribution < -0.4 is 0 Å². The minimum Gasteiger partial charge on any atom is -0.394 e. The molecule has 2 heteroatoms. The van der Waals surface area contributed by atoms with E-state index in [4.69, 9.17) is 9.84 Å². The summed E-state index contributed by atoms with van der Waals surface area (Å²) in [5.41, 5.74) is 0.166. The summed E-state index contributed by atoms with van der Waals surface area (Å²) in [4.78, 5) is 0. The van der Waals surface area contributed by atoms with E-state index in [1.807, 2.05) is 0 Å². The lowest BCUT2D eigenvalue weighted by Crippen LogP contribution is -2.34. The highest BCUT2D eigenvalue weighted by Gasteiger charge is 2.42. The van der Waals surface area contributed by atoms with Crippen LogP contribution in [0.2, 0.25) is 0 Å². The van der Waals surface area contributed by atoms with Gasteiger partial charge in [0.1, 0.15) is 0 Å². The van der Waals surface area contributed by atoms with E-state index in [9.17, 15) is 0 Å². The van der Waals surface area contributed by atoms with Crippen LogP contribution in [0.5, 0.6) is 0 Å². The zero-order valence-corrected chi connectivity index (χ0v) is 9.17. The average Bonchev–Trinajstić information content (AvgIpc) is 2.63. The Labute approximate surface area is 86.6 Å². The molecule has 1 spiro atoms. The smallest absolute Gasteiger partial charge is 0.0814 e. The van der Waals surface area contributed by atoms with Gasteiger partial charge in [-0.15, -0.1) is 0 Å². The summed E-state index contributed by atoms with van der Waals surface area (Å²) in [6.07, 6.45) is 8.79. The second-order valence-corrected chi connectivity index (χ2v) is 5.00. The summed E-state index contributed by atoms with van der Waals surface area (Å²) in [6.45, 7) is 2.49. The standard InChI is InChI=1S/C12H22O2/c1-2-10-3-6-12(7-4-10)8-5-11(9-13)14-12/h10-11,13H,2-9H2,1H3/t10?,11-,12?/m1/s1. The quantitative estimate of drug-likeness (QED) is 0.738. The molecular weight excluding hydrogens is 176 g/mol. The van der Waals surface area contributed by atoms with E-state index in [2.05, 4.69) is 6.92 Å². The van der Waals surface area contributed by atoms with Gasteiger partial charge in [-0.2, -0.15) is 0 Å². The number of hydrogen-bond acceptors (Lipinski definition) is 2. The summed E-state index contributed by atoms with van der Waals surface area (Å²) >= 11 is 0. The molecule has 14 heavy (non-hydrogen) atoms. The molecule has 0 amide bonds. The Morgan fingerprint density at radius 2 is 1.86 bits per heavy atom. The molecule has 0 unspecified atom stereocenters. The van der Waals surface area contributed by atoms with Gasteiger partial charge in [0.2, 0.25) is 0 Å². The normalized spacial score (nSPS) is 43.3. The molecule has 82 valence electrons. The Morgan fingerprint density at radius 3 is 2.36 bits per heavy atom. The zero-order valence-electron chi connectivity index (χ0n) is 9.17. The number of aliphatic hydroxyl groups is 1. The minimum absolute atomic E-state index is 0.133. The molecule has 0 aromatic rings. The van der Waals surface area contributed by atoms with Crippen LogP contribution in [0.1, 0.15) is 51.9 Å². The monoisotopic (exact) mass is 198 g/mol. The molecule has 1 N–H and O–H groups in total. The SMILES string of the molecule is CCC1CCC2(CC1)CC[C@H](CO)O2. The third kappa shape index (κ3) is 1.96. The van der Waals surface area contributed by atoms with Crippen molar-refractivity contribution in [3.63, 3.8) is 0 Å². The minimum atomic E-state index is 0.133. The van der Waals surface area contributed by atoms with Gasteiger partial charge in [0.05, 0.1) is 18.3 Å². The maximum atomic E-state index is 9.05. The Kier molecular flexibility index (Phi) is 3.13. The van der Waals surface area contributed by atoms with Crippen molar-refractivity contribution in [1.29, 1.82) is 0 Å². The molecule has 0 radical (unpaired) electrons. The first-order chi connectivity index (χ1) is 6.78. The van der Waals surface area contributed by atoms with Crippen LogP contribution in [0.25, 0.3) is 0 Å². The summed E-state index contributed by atoms with van der Waals surface area (Å²) in [7, 11) is 0. The molecule has 0 aromatic heterocycles. The van der Waals surface area contributed by atoms with Crippen molar-refractivity contribution in [2.24, 2.45) is 5.92 Å². The van der Waals surface area contributed by atoms with Crippen molar-refractivity contribution >= 4 is 0 Å². The first-order valence-corrected chi connectivity index (χ1v) is 6.07. The van der Waals surface area contributed by atoms with Gasteiger partial charge in [0.15, 0.2) is 0 Å². The Morgan fingerprint density at radius 1 is 1.21 bits per heavy atom. The number of rotatable bonds is 2. The van der Waals surface area contributed by atoms with Crippen LogP contribution in [0.15, 0.2) is 0 Å². The molecule has 2 fully saturated rings. The van der Waals surface area contributed by atoms with Crippen molar-refractivity contribution in [2.75, 3.05) is 6.61 Å². The maximum Gasteiger partial charge on any atom is 0.0814 e. The molecular formula is C12H22O2. The van der Waals surface area contributed by atoms with Crippen LogP contribution in [-0.4, -0.2) is 23.4 Å². The van der Waals surface area contributed by atoms with Gasteiger partial charge in [-0.1, -0.05) is 13.3 Å². The molecule has 2 nitrogen and oxygen atoms in total. The molecule has 0 aromatic carbocycles. The van der Waals surface area contributed by atoms with E-state index in [1.165, 1.54) is 38.5 Å². The molecule has 1 atom stereocenters. The van der Waals surface area contributed by atoms with E-state index in [-0.39, 0.29) is 18.3 Å². The van der Waals surface area contributed by atoms with Crippen LogP contribution in [0.4, 0.5) is 0 Å². The topological polar surface area (TPSA) is 29.5 Å². The molecule has 2 aliphatic rings.